The van der Waals surface area contributed by atoms with E-state index in [2.05, 4.69) is 70.3 Å². The monoisotopic (exact) mass is 412 g/mol. The molecule has 6 heteroatoms. The van der Waals surface area contributed by atoms with Crippen LogP contribution in [0.25, 0.3) is 16.6 Å². The molecule has 1 aliphatic heterocycles. The van der Waals surface area contributed by atoms with Crippen LogP contribution in [0.3, 0.4) is 0 Å². The van der Waals surface area contributed by atoms with Crippen LogP contribution in [0.15, 0.2) is 67.0 Å². The first-order valence-electron chi connectivity index (χ1n) is 10.9. The third-order valence-electron chi connectivity index (χ3n) is 6.37. The average molecular weight is 413 g/mol. The normalized spacial score (nSPS) is 15.5. The molecule has 0 unspecified atom stereocenters. The van der Waals surface area contributed by atoms with Crippen LogP contribution in [0.4, 0.5) is 5.82 Å². The highest BCUT2D eigenvalue weighted by molar-refractivity contribution is 5.89. The van der Waals surface area contributed by atoms with Crippen LogP contribution < -0.4 is 4.90 Å². The molecule has 6 nitrogen and oxygen atoms in total. The Bertz CT molecular complexity index is 1190. The van der Waals surface area contributed by atoms with Crippen molar-refractivity contribution >= 4 is 16.7 Å². The quantitative estimate of drug-likeness (QED) is 0.503. The molecule has 0 amide bonds. The van der Waals surface area contributed by atoms with Crippen molar-refractivity contribution in [3.05, 3.63) is 78.4 Å². The molecule has 0 aliphatic carbocycles. The Morgan fingerprint density at radius 2 is 1.55 bits per heavy atom. The van der Waals surface area contributed by atoms with Crippen LogP contribution in [0.1, 0.15) is 25.2 Å². The molecule has 2 aromatic heterocycles. The summed E-state index contributed by atoms with van der Waals surface area (Å²) in [5.41, 5.74) is 3.23. The van der Waals surface area contributed by atoms with E-state index in [1.807, 2.05) is 42.1 Å². The number of hydrogen-bond acceptors (Lipinski definition) is 5. The third kappa shape index (κ3) is 3.68. The third-order valence-corrected chi connectivity index (χ3v) is 6.37. The molecular weight excluding hydrogens is 384 g/mol. The smallest absolute Gasteiger partial charge is 0.140 e. The SMILES string of the molecule is Cc1nc(N2CCN(C(C)(C)c3cnn(-c4ccccc4)c3)CC2)c2ccccc2n1. The number of aromatic nitrogens is 4. The molecule has 158 valence electrons. The maximum atomic E-state index is 4.79. The van der Waals surface area contributed by atoms with Crippen molar-refractivity contribution in [3.63, 3.8) is 0 Å². The van der Waals surface area contributed by atoms with E-state index in [0.717, 1.165) is 54.4 Å². The summed E-state index contributed by atoms with van der Waals surface area (Å²) < 4.78 is 1.96. The molecule has 4 aromatic rings. The minimum Gasteiger partial charge on any atom is -0.353 e. The summed E-state index contributed by atoms with van der Waals surface area (Å²) in [5.74, 6) is 1.88. The highest BCUT2D eigenvalue weighted by atomic mass is 15.3. The van der Waals surface area contributed by atoms with Crippen molar-refractivity contribution in [1.82, 2.24) is 24.6 Å². The lowest BCUT2D eigenvalue weighted by Gasteiger charge is -2.44. The Balaban J connectivity index is 1.34. The molecule has 0 radical (unpaired) electrons. The largest absolute Gasteiger partial charge is 0.353 e. The summed E-state index contributed by atoms with van der Waals surface area (Å²) in [4.78, 5) is 14.3. The highest BCUT2D eigenvalue weighted by Gasteiger charge is 2.33. The van der Waals surface area contributed by atoms with Gasteiger partial charge in [-0.15, -0.1) is 0 Å². The first kappa shape index (κ1) is 19.7. The number of para-hydroxylation sites is 2. The summed E-state index contributed by atoms with van der Waals surface area (Å²) in [5, 5.41) is 5.75. The molecular formula is C25H28N6. The predicted octanol–water partition coefficient (Wildman–Crippen LogP) is 4.18. The molecule has 0 spiro atoms. The van der Waals surface area contributed by atoms with E-state index >= 15 is 0 Å². The minimum atomic E-state index is -0.0945. The summed E-state index contributed by atoms with van der Waals surface area (Å²) in [7, 11) is 0. The van der Waals surface area contributed by atoms with Crippen molar-refractivity contribution in [3.8, 4) is 5.69 Å². The van der Waals surface area contributed by atoms with Crippen LogP contribution in [-0.2, 0) is 5.54 Å². The van der Waals surface area contributed by atoms with Gasteiger partial charge < -0.3 is 4.90 Å². The lowest BCUT2D eigenvalue weighted by molar-refractivity contribution is 0.111. The summed E-state index contributed by atoms with van der Waals surface area (Å²) >= 11 is 0. The fourth-order valence-electron chi connectivity index (χ4n) is 4.43. The van der Waals surface area contributed by atoms with E-state index in [-0.39, 0.29) is 5.54 Å². The Morgan fingerprint density at radius 1 is 0.839 bits per heavy atom. The Kier molecular flexibility index (Phi) is 4.94. The fourth-order valence-corrected chi connectivity index (χ4v) is 4.43. The lowest BCUT2D eigenvalue weighted by atomic mass is 9.94. The first-order valence-corrected chi connectivity index (χ1v) is 10.9. The number of rotatable bonds is 4. The number of anilines is 1. The first-order chi connectivity index (χ1) is 15.0. The van der Waals surface area contributed by atoms with Crippen molar-refractivity contribution < 1.29 is 0 Å². The van der Waals surface area contributed by atoms with Gasteiger partial charge in [-0.2, -0.15) is 5.10 Å². The van der Waals surface area contributed by atoms with Gasteiger partial charge in [-0.1, -0.05) is 30.3 Å². The predicted molar refractivity (Wildman–Crippen MR) is 125 cm³/mol. The van der Waals surface area contributed by atoms with E-state index in [4.69, 9.17) is 4.98 Å². The van der Waals surface area contributed by atoms with E-state index in [1.54, 1.807) is 0 Å². The number of nitrogens with zero attached hydrogens (tertiary/aromatic N) is 6. The van der Waals surface area contributed by atoms with Gasteiger partial charge in [-0.25, -0.2) is 14.6 Å². The summed E-state index contributed by atoms with van der Waals surface area (Å²) in [6, 6.07) is 18.6. The minimum absolute atomic E-state index is 0.0945. The molecule has 1 aliphatic rings. The number of benzene rings is 2. The Labute approximate surface area is 183 Å². The molecule has 3 heterocycles. The molecule has 0 N–H and O–H groups in total. The molecule has 1 fully saturated rings. The average Bonchev–Trinajstić information content (AvgIpc) is 3.30. The van der Waals surface area contributed by atoms with Crippen LogP contribution in [0.5, 0.6) is 0 Å². The van der Waals surface area contributed by atoms with Crippen LogP contribution in [0, 0.1) is 6.92 Å². The van der Waals surface area contributed by atoms with Crippen molar-refractivity contribution in [2.45, 2.75) is 26.3 Å². The van der Waals surface area contributed by atoms with Gasteiger partial charge in [0.1, 0.15) is 11.6 Å². The van der Waals surface area contributed by atoms with E-state index in [9.17, 15) is 0 Å². The Hall–Kier alpha value is -3.25. The van der Waals surface area contributed by atoms with Gasteiger partial charge in [0.2, 0.25) is 0 Å². The maximum Gasteiger partial charge on any atom is 0.140 e. The van der Waals surface area contributed by atoms with Gasteiger partial charge in [0.05, 0.1) is 17.4 Å². The zero-order valence-electron chi connectivity index (χ0n) is 18.4. The Morgan fingerprint density at radius 3 is 2.32 bits per heavy atom. The molecule has 1 saturated heterocycles. The standard InChI is InChI=1S/C25H28N6/c1-19-27-23-12-8-7-11-22(23)24(28-19)29-13-15-30(16-14-29)25(2,3)20-17-26-31(18-20)21-9-5-4-6-10-21/h4-12,17-18H,13-16H2,1-3H3. The second kappa shape index (κ2) is 7.78. The number of piperazine rings is 1. The number of fused-ring (bicyclic) bond motifs is 1. The van der Waals surface area contributed by atoms with Crippen molar-refractivity contribution in [2.75, 3.05) is 31.1 Å². The maximum absolute atomic E-state index is 4.79. The number of aryl methyl sites for hydroxylation is 1. The second-order valence-electron chi connectivity index (χ2n) is 8.65. The molecule has 31 heavy (non-hydrogen) atoms. The van der Waals surface area contributed by atoms with Crippen LogP contribution in [0.2, 0.25) is 0 Å². The zero-order valence-corrected chi connectivity index (χ0v) is 18.4. The van der Waals surface area contributed by atoms with E-state index < -0.39 is 0 Å². The zero-order chi connectivity index (χ0) is 21.4. The van der Waals surface area contributed by atoms with Crippen molar-refractivity contribution in [2.24, 2.45) is 0 Å². The molecule has 2 aromatic carbocycles. The second-order valence-corrected chi connectivity index (χ2v) is 8.65. The van der Waals surface area contributed by atoms with E-state index in [0.29, 0.717) is 0 Å². The van der Waals surface area contributed by atoms with Gasteiger partial charge in [-0.05, 0) is 45.0 Å². The molecule has 0 saturated carbocycles. The van der Waals surface area contributed by atoms with Gasteiger partial charge in [0.25, 0.3) is 0 Å². The van der Waals surface area contributed by atoms with Gasteiger partial charge >= 0.3 is 0 Å². The van der Waals surface area contributed by atoms with Crippen LogP contribution >= 0.6 is 0 Å². The number of hydrogen-bond donors (Lipinski definition) is 0. The fraction of sp³-hybridized carbons (Fsp3) is 0.320. The van der Waals surface area contributed by atoms with Crippen LogP contribution in [-0.4, -0.2) is 50.8 Å². The van der Waals surface area contributed by atoms with Gasteiger partial charge in [-0.3, -0.25) is 4.90 Å². The van der Waals surface area contributed by atoms with Crippen molar-refractivity contribution in [1.29, 1.82) is 0 Å². The molecule has 0 bridgehead atoms. The lowest BCUT2D eigenvalue weighted by Crippen LogP contribution is -2.53. The topological polar surface area (TPSA) is 50.1 Å². The molecule has 0 atom stereocenters. The molecule has 5 rings (SSSR count). The highest BCUT2D eigenvalue weighted by Crippen LogP contribution is 2.31. The summed E-state index contributed by atoms with van der Waals surface area (Å²) in [6.07, 6.45) is 4.16. The van der Waals surface area contributed by atoms with Gasteiger partial charge in [0.15, 0.2) is 0 Å². The van der Waals surface area contributed by atoms with Gasteiger partial charge in [0, 0.05) is 48.9 Å². The van der Waals surface area contributed by atoms with E-state index in [1.165, 1.54) is 5.56 Å². The summed E-state index contributed by atoms with van der Waals surface area (Å²) in [6.45, 7) is 10.4.